The molecule has 0 bridgehead atoms. The number of benzene rings is 7. The van der Waals surface area contributed by atoms with Crippen molar-refractivity contribution in [3.63, 3.8) is 0 Å². The number of hydrogen-bond donors (Lipinski definition) is 2. The smallest absolute Gasteiger partial charge is 0.196 e. The third kappa shape index (κ3) is 10.1. The molecule has 0 saturated heterocycles. The monoisotopic (exact) mass is 939 g/mol. The summed E-state index contributed by atoms with van der Waals surface area (Å²) in [6, 6.07) is 35.7. The van der Waals surface area contributed by atoms with Gasteiger partial charge < -0.3 is 29.2 Å². The molecule has 7 aromatic rings. The highest BCUT2D eigenvalue weighted by Gasteiger charge is 2.28. The lowest BCUT2D eigenvalue weighted by Crippen LogP contribution is -2.18. The van der Waals surface area contributed by atoms with Crippen molar-refractivity contribution in [3.05, 3.63) is 197 Å². The zero-order valence-electron chi connectivity index (χ0n) is 44.5. The number of phenolic OH excluding ortho intramolecular Hbond substituents is 2. The van der Waals surface area contributed by atoms with Crippen LogP contribution in [0.4, 0.5) is 0 Å². The first kappa shape index (κ1) is 51.5. The molecule has 0 heterocycles. The summed E-state index contributed by atoms with van der Waals surface area (Å²) in [5.74, 6) is 2.27. The van der Waals surface area contributed by atoms with Gasteiger partial charge in [-0.15, -0.1) is 0 Å². The first-order valence-electron chi connectivity index (χ1n) is 25.0. The molecule has 6 nitrogen and oxygen atoms in total. The Morgan fingerprint density at radius 2 is 0.686 bits per heavy atom. The molecule has 4 atom stereocenters. The van der Waals surface area contributed by atoms with Crippen LogP contribution in [-0.4, -0.2) is 36.0 Å². The second-order valence-corrected chi connectivity index (χ2v) is 19.5. The fraction of sp³-hybridized carbons (Fsp3) is 0.344. The molecule has 0 saturated carbocycles. The molecular formula is C64H74O6. The minimum atomic E-state index is -0.357. The van der Waals surface area contributed by atoms with E-state index in [0.717, 1.165) is 89.4 Å². The van der Waals surface area contributed by atoms with Crippen molar-refractivity contribution in [3.8, 4) is 45.3 Å². The third-order valence-corrected chi connectivity index (χ3v) is 15.0. The van der Waals surface area contributed by atoms with Gasteiger partial charge in [0, 0.05) is 25.0 Å². The van der Waals surface area contributed by atoms with Gasteiger partial charge in [-0.2, -0.15) is 0 Å². The lowest BCUT2D eigenvalue weighted by atomic mass is 9.78. The Hall–Kier alpha value is -6.34. The predicted molar refractivity (Wildman–Crippen MR) is 289 cm³/mol. The van der Waals surface area contributed by atoms with E-state index in [-0.39, 0.29) is 24.4 Å². The molecule has 2 N–H and O–H groups in total. The van der Waals surface area contributed by atoms with Gasteiger partial charge in [0.2, 0.25) is 0 Å². The molecule has 0 fully saturated rings. The van der Waals surface area contributed by atoms with Crippen LogP contribution in [-0.2, 0) is 9.47 Å². The fourth-order valence-corrected chi connectivity index (χ4v) is 10.5. The van der Waals surface area contributed by atoms with Crippen molar-refractivity contribution < 1.29 is 29.2 Å². The Morgan fingerprint density at radius 3 is 1.01 bits per heavy atom. The van der Waals surface area contributed by atoms with E-state index < -0.39 is 0 Å². The van der Waals surface area contributed by atoms with E-state index in [1.807, 2.05) is 55.4 Å². The van der Waals surface area contributed by atoms with E-state index in [1.54, 1.807) is 0 Å². The second-order valence-electron chi connectivity index (χ2n) is 19.5. The molecule has 0 aliphatic rings. The Bertz CT molecular complexity index is 2830. The number of phenols is 2. The first-order chi connectivity index (χ1) is 33.3. The predicted octanol–water partition coefficient (Wildman–Crippen LogP) is 16.0. The zero-order chi connectivity index (χ0) is 50.9. The van der Waals surface area contributed by atoms with Gasteiger partial charge in [-0.1, -0.05) is 91.0 Å². The van der Waals surface area contributed by atoms with Gasteiger partial charge in [0.05, 0.1) is 0 Å². The normalized spacial score (nSPS) is 13.3. The Morgan fingerprint density at radius 1 is 0.371 bits per heavy atom. The molecule has 4 unspecified atom stereocenters. The summed E-state index contributed by atoms with van der Waals surface area (Å²) in [7, 11) is 0. The van der Waals surface area contributed by atoms with Gasteiger partial charge in [0.15, 0.2) is 12.6 Å². The van der Waals surface area contributed by atoms with Crippen LogP contribution in [0, 0.1) is 83.1 Å². The molecule has 6 heteroatoms. The highest BCUT2D eigenvalue weighted by Crippen LogP contribution is 2.45. The van der Waals surface area contributed by atoms with Crippen molar-refractivity contribution in [2.24, 2.45) is 0 Å². The van der Waals surface area contributed by atoms with Crippen LogP contribution < -0.4 is 9.47 Å². The topological polar surface area (TPSA) is 77.4 Å². The summed E-state index contributed by atoms with van der Waals surface area (Å²) < 4.78 is 24.3. The average molecular weight is 939 g/mol. The maximum atomic E-state index is 11.0. The number of aromatic hydroxyl groups is 2. The summed E-state index contributed by atoms with van der Waals surface area (Å²) in [6.45, 7) is 34.1. The molecule has 0 radical (unpaired) electrons. The van der Waals surface area contributed by atoms with Crippen molar-refractivity contribution >= 4 is 0 Å². The van der Waals surface area contributed by atoms with Crippen LogP contribution >= 0.6 is 0 Å². The summed E-state index contributed by atoms with van der Waals surface area (Å²) in [6.07, 6.45) is -0.714. The van der Waals surface area contributed by atoms with Crippen LogP contribution in [0.1, 0.15) is 140 Å². The van der Waals surface area contributed by atoms with Gasteiger partial charge in [0.1, 0.15) is 23.0 Å². The summed E-state index contributed by atoms with van der Waals surface area (Å²) in [5.41, 5.74) is 24.0. The van der Waals surface area contributed by atoms with Crippen LogP contribution in [0.15, 0.2) is 97.1 Å². The Kier molecular flexibility index (Phi) is 15.7. The summed E-state index contributed by atoms with van der Waals surface area (Å²) >= 11 is 0. The van der Waals surface area contributed by atoms with E-state index >= 15 is 0 Å². The highest BCUT2D eigenvalue weighted by molar-refractivity contribution is 5.74. The minimum absolute atomic E-state index is 0.0818. The number of rotatable bonds is 16. The molecule has 0 amide bonds. The molecule has 0 aromatic heterocycles. The van der Waals surface area contributed by atoms with Gasteiger partial charge in [0.25, 0.3) is 0 Å². The Labute approximate surface area is 418 Å². The van der Waals surface area contributed by atoms with Gasteiger partial charge in [-0.25, -0.2) is 0 Å². The highest BCUT2D eigenvalue weighted by atomic mass is 16.7. The first-order valence-corrected chi connectivity index (χ1v) is 25.0. The molecular weight excluding hydrogens is 865 g/mol. The van der Waals surface area contributed by atoms with Crippen molar-refractivity contribution in [1.82, 2.24) is 0 Å². The van der Waals surface area contributed by atoms with Crippen molar-refractivity contribution in [1.29, 1.82) is 0 Å². The second kappa shape index (κ2) is 21.3. The number of aryl methyl sites for hydroxylation is 4. The number of hydrogen-bond acceptors (Lipinski definition) is 6. The molecule has 0 aliphatic heterocycles. The van der Waals surface area contributed by atoms with Crippen LogP contribution in [0.2, 0.25) is 0 Å². The van der Waals surface area contributed by atoms with Crippen molar-refractivity contribution in [2.45, 2.75) is 135 Å². The minimum Gasteiger partial charge on any atom is -0.507 e. The standard InChI is InChI=1S/C64H74O6/c1-17-67-47(15)69-63-37(5)32-57(41(9)45(63)13)59(55-30-35(3)61(65)43(11)39(55)7)51-26-22-49(23-27-51)53-20-19-21-54(34-53)50-24-28-52(29-25-50)60(56-31-36(4)62(66)44(12)40(56)8)58-33-38(6)64(46(14)42(58)10)70-48(16)68-18-2/h19-34,47-48,59-60,65-66H,17-18H2,1-16H3. The molecule has 366 valence electrons. The molecule has 0 spiro atoms. The van der Waals surface area contributed by atoms with Gasteiger partial charge >= 0.3 is 0 Å². The summed E-state index contributed by atoms with van der Waals surface area (Å²) in [5, 5.41) is 22.0. The molecule has 70 heavy (non-hydrogen) atoms. The van der Waals surface area contributed by atoms with E-state index in [2.05, 4.69) is 152 Å². The van der Waals surface area contributed by atoms with Crippen LogP contribution in [0.3, 0.4) is 0 Å². The lowest BCUT2D eigenvalue weighted by molar-refractivity contribution is -0.0623. The molecule has 7 rings (SSSR count). The summed E-state index contributed by atoms with van der Waals surface area (Å²) in [4.78, 5) is 0. The van der Waals surface area contributed by atoms with Crippen LogP contribution in [0.5, 0.6) is 23.0 Å². The lowest BCUT2D eigenvalue weighted by Gasteiger charge is -2.28. The van der Waals surface area contributed by atoms with Crippen molar-refractivity contribution in [2.75, 3.05) is 13.2 Å². The fourth-order valence-electron chi connectivity index (χ4n) is 10.5. The molecule has 0 aliphatic carbocycles. The maximum absolute atomic E-state index is 11.0. The maximum Gasteiger partial charge on any atom is 0.196 e. The SMILES string of the molecule is CCOC(C)Oc1c(C)cc(C(c2ccc(-c3cccc(-c4ccc(C(c5cc(C)c(O)c(C)c5C)c5cc(C)c(OC(C)OCC)c(C)c5C)cc4)c3)cc2)c2cc(C)c(O)c(C)c2C)c(C)c1C. The zero-order valence-corrected chi connectivity index (χ0v) is 44.5. The molecule has 7 aromatic carbocycles. The van der Waals surface area contributed by atoms with E-state index in [0.29, 0.717) is 24.7 Å². The van der Waals surface area contributed by atoms with Gasteiger partial charge in [-0.3, -0.25) is 0 Å². The number of ether oxygens (including phenoxy) is 4. The van der Waals surface area contributed by atoms with E-state index in [9.17, 15) is 10.2 Å². The van der Waals surface area contributed by atoms with E-state index in [4.69, 9.17) is 18.9 Å². The average Bonchev–Trinajstić information content (AvgIpc) is 3.34. The largest absolute Gasteiger partial charge is 0.507 e. The third-order valence-electron chi connectivity index (χ3n) is 15.0. The van der Waals surface area contributed by atoms with Gasteiger partial charge in [-0.05, 0) is 239 Å². The van der Waals surface area contributed by atoms with Crippen LogP contribution in [0.25, 0.3) is 22.3 Å². The quantitative estimate of drug-likeness (QED) is 0.0742. The van der Waals surface area contributed by atoms with E-state index in [1.165, 1.54) is 44.5 Å². The Balaban J connectivity index is 1.26.